The minimum absolute atomic E-state index is 0.000333. The number of aryl methyl sites for hydroxylation is 1. The summed E-state index contributed by atoms with van der Waals surface area (Å²) >= 11 is 0. The van der Waals surface area contributed by atoms with Gasteiger partial charge in [0.15, 0.2) is 17.4 Å². The first-order valence-electron chi connectivity index (χ1n) is 14.9. The van der Waals surface area contributed by atoms with Crippen LogP contribution in [0.15, 0.2) is 27.8 Å². The molecule has 39 heavy (non-hydrogen) atoms. The highest BCUT2D eigenvalue weighted by Crippen LogP contribution is 2.85. The minimum atomic E-state index is -0.505. The van der Waals surface area contributed by atoms with Gasteiger partial charge in [0.1, 0.15) is 6.07 Å². The normalized spacial score (nSPS) is 49.3. The predicted octanol–water partition coefficient (Wildman–Crippen LogP) is 6.60. The van der Waals surface area contributed by atoms with Crippen LogP contribution < -0.4 is 0 Å². The molecule has 0 amide bonds. The Morgan fingerprint density at radius 2 is 1.69 bits per heavy atom. The molecule has 6 nitrogen and oxygen atoms in total. The summed E-state index contributed by atoms with van der Waals surface area (Å²) in [4.78, 5) is 32.7. The first-order valence-corrected chi connectivity index (χ1v) is 14.9. The maximum Gasteiger partial charge on any atom is 0.233 e. The van der Waals surface area contributed by atoms with Crippen LogP contribution >= 0.6 is 0 Å². The number of carbonyl (C=O) groups is 2. The van der Waals surface area contributed by atoms with Gasteiger partial charge in [0.05, 0.1) is 11.0 Å². The molecule has 0 aromatic carbocycles. The molecular weight excluding hydrogens is 486 g/mol. The Balaban J connectivity index is 1.41. The SMILES string of the molecule is Cc1noc([C@]23CCC(C)(C)CC2C2C(=O)C=C4[C@@]5(C)C=C(C#N)C(=O)C6(C)C[C@]65CC[C@@]4(C)[C@]2(C)CC3)n1. The summed E-state index contributed by atoms with van der Waals surface area (Å²) in [5.41, 5.74) is -0.285. The Morgan fingerprint density at radius 3 is 2.36 bits per heavy atom. The molecule has 8 atom stereocenters. The Hall–Kier alpha value is -2.55. The fraction of sp³-hybridized carbons (Fsp3) is 0.727. The van der Waals surface area contributed by atoms with Gasteiger partial charge in [-0.15, -0.1) is 0 Å². The molecule has 4 fully saturated rings. The Morgan fingerprint density at radius 1 is 0.974 bits per heavy atom. The van der Waals surface area contributed by atoms with Crippen LogP contribution in [0.5, 0.6) is 0 Å². The number of rotatable bonds is 1. The summed E-state index contributed by atoms with van der Waals surface area (Å²) in [5, 5.41) is 14.1. The van der Waals surface area contributed by atoms with Crippen molar-refractivity contribution < 1.29 is 14.1 Å². The van der Waals surface area contributed by atoms with E-state index in [1.165, 1.54) is 5.57 Å². The number of nitriles is 1. The molecule has 7 rings (SSSR count). The molecule has 3 unspecified atom stereocenters. The van der Waals surface area contributed by atoms with Crippen molar-refractivity contribution in [3.63, 3.8) is 0 Å². The second kappa shape index (κ2) is 7.01. The van der Waals surface area contributed by atoms with Gasteiger partial charge in [-0.25, -0.2) is 0 Å². The van der Waals surface area contributed by atoms with Crippen molar-refractivity contribution in [1.82, 2.24) is 10.1 Å². The van der Waals surface area contributed by atoms with E-state index in [1.54, 1.807) is 0 Å². The van der Waals surface area contributed by atoms with Crippen molar-refractivity contribution in [2.45, 2.75) is 105 Å². The summed E-state index contributed by atoms with van der Waals surface area (Å²) < 4.78 is 5.90. The third-order valence-electron chi connectivity index (χ3n) is 13.8. The van der Waals surface area contributed by atoms with E-state index in [9.17, 15) is 14.9 Å². The molecule has 206 valence electrons. The van der Waals surface area contributed by atoms with Crippen LogP contribution in [0.3, 0.4) is 0 Å². The van der Waals surface area contributed by atoms with E-state index < -0.39 is 10.8 Å². The maximum absolute atomic E-state index is 14.6. The van der Waals surface area contributed by atoms with Gasteiger partial charge in [0.25, 0.3) is 0 Å². The van der Waals surface area contributed by atoms with E-state index in [0.717, 1.165) is 57.3 Å². The molecule has 6 aliphatic carbocycles. The van der Waals surface area contributed by atoms with Crippen molar-refractivity contribution >= 4 is 11.6 Å². The number of hydrogen-bond acceptors (Lipinski definition) is 6. The molecule has 0 saturated heterocycles. The zero-order valence-corrected chi connectivity index (χ0v) is 24.5. The van der Waals surface area contributed by atoms with Crippen LogP contribution in [0.1, 0.15) is 105 Å². The van der Waals surface area contributed by atoms with Gasteiger partial charge in [-0.3, -0.25) is 9.59 Å². The molecule has 6 aliphatic rings. The monoisotopic (exact) mass is 527 g/mol. The Bertz CT molecular complexity index is 1460. The zero-order valence-electron chi connectivity index (χ0n) is 24.5. The van der Waals surface area contributed by atoms with Crippen molar-refractivity contribution in [1.29, 1.82) is 5.26 Å². The molecule has 1 aromatic heterocycles. The number of allylic oxidation sites excluding steroid dienone is 4. The van der Waals surface area contributed by atoms with Gasteiger partial charge in [-0.05, 0) is 97.5 Å². The van der Waals surface area contributed by atoms with Crippen LogP contribution in [0.25, 0.3) is 0 Å². The topological polar surface area (TPSA) is 96.9 Å². The highest BCUT2D eigenvalue weighted by Gasteiger charge is 2.81. The molecule has 0 radical (unpaired) electrons. The maximum atomic E-state index is 14.6. The van der Waals surface area contributed by atoms with Crippen LogP contribution in [0.4, 0.5) is 0 Å². The minimum Gasteiger partial charge on any atom is -0.339 e. The summed E-state index contributed by atoms with van der Waals surface area (Å²) in [5.74, 6) is 1.61. The Kier molecular flexibility index (Phi) is 4.57. The van der Waals surface area contributed by atoms with Crippen molar-refractivity contribution in [2.75, 3.05) is 0 Å². The molecule has 1 spiro atoms. The fourth-order valence-corrected chi connectivity index (χ4v) is 11.2. The summed E-state index contributed by atoms with van der Waals surface area (Å²) in [6.07, 6.45) is 11.5. The van der Waals surface area contributed by atoms with Crippen LogP contribution in [0.2, 0.25) is 0 Å². The third-order valence-corrected chi connectivity index (χ3v) is 13.8. The van der Waals surface area contributed by atoms with Gasteiger partial charge in [0, 0.05) is 16.7 Å². The van der Waals surface area contributed by atoms with E-state index in [4.69, 9.17) is 9.51 Å². The molecule has 4 saturated carbocycles. The smallest absolute Gasteiger partial charge is 0.233 e. The number of fused-ring (bicyclic) bond motifs is 6. The van der Waals surface area contributed by atoms with Crippen molar-refractivity contribution in [2.24, 2.45) is 44.3 Å². The number of ketones is 2. The number of aromatic nitrogens is 2. The van der Waals surface area contributed by atoms with E-state index in [2.05, 4.69) is 52.8 Å². The van der Waals surface area contributed by atoms with Crippen molar-refractivity contribution in [3.05, 3.63) is 35.0 Å². The largest absolute Gasteiger partial charge is 0.339 e. The molecule has 0 bridgehead atoms. The fourth-order valence-electron chi connectivity index (χ4n) is 11.2. The predicted molar refractivity (Wildman–Crippen MR) is 145 cm³/mol. The second-order valence-corrected chi connectivity index (χ2v) is 15.8. The summed E-state index contributed by atoms with van der Waals surface area (Å²) in [6, 6.07) is 2.22. The number of carbonyl (C=O) groups excluding carboxylic acids is 2. The number of hydrogen-bond donors (Lipinski definition) is 0. The summed E-state index contributed by atoms with van der Waals surface area (Å²) in [7, 11) is 0. The molecule has 6 heteroatoms. The third kappa shape index (κ3) is 2.65. The molecule has 1 aromatic rings. The van der Waals surface area contributed by atoms with Gasteiger partial charge in [-0.1, -0.05) is 52.8 Å². The molecule has 0 N–H and O–H groups in total. The average molecular weight is 528 g/mol. The second-order valence-electron chi connectivity index (χ2n) is 15.8. The van der Waals surface area contributed by atoms with Crippen molar-refractivity contribution in [3.8, 4) is 6.07 Å². The van der Waals surface area contributed by atoms with Gasteiger partial charge < -0.3 is 4.52 Å². The lowest BCUT2D eigenvalue weighted by Crippen LogP contribution is -2.65. The van der Waals surface area contributed by atoms with Crippen LogP contribution in [-0.4, -0.2) is 21.7 Å². The lowest BCUT2D eigenvalue weighted by Gasteiger charge is -2.68. The van der Waals surface area contributed by atoms with Crippen LogP contribution in [-0.2, 0) is 15.0 Å². The van der Waals surface area contributed by atoms with E-state index in [1.807, 2.05) is 19.1 Å². The Labute approximate surface area is 231 Å². The molecule has 0 aliphatic heterocycles. The highest BCUT2D eigenvalue weighted by atomic mass is 16.5. The highest BCUT2D eigenvalue weighted by molar-refractivity contribution is 6.07. The van der Waals surface area contributed by atoms with E-state index >= 15 is 0 Å². The first-order chi connectivity index (χ1) is 18.1. The van der Waals surface area contributed by atoms with Gasteiger partial charge >= 0.3 is 0 Å². The lowest BCUT2D eigenvalue weighted by molar-refractivity contribution is -0.160. The first kappa shape index (κ1) is 25.4. The molecule has 1 heterocycles. The van der Waals surface area contributed by atoms with E-state index in [-0.39, 0.29) is 56.1 Å². The quantitative estimate of drug-likeness (QED) is 0.408. The van der Waals surface area contributed by atoms with Gasteiger partial charge in [-0.2, -0.15) is 10.2 Å². The summed E-state index contributed by atoms with van der Waals surface area (Å²) in [6.45, 7) is 15.6. The van der Waals surface area contributed by atoms with Gasteiger partial charge in [0.2, 0.25) is 5.89 Å². The molecular formula is C33H41N3O3. The van der Waals surface area contributed by atoms with E-state index in [0.29, 0.717) is 5.82 Å². The average Bonchev–Trinajstić information content (AvgIpc) is 3.29. The number of Topliss-reactive ketones (excluding diaryl/α,β-unsaturated/α-hetero) is 1. The standard InChI is InChI=1S/C33H41N3O3/c1-19-35-26(39-36-19)32-11-8-27(2,3)16-21(32)24-22(37)14-23-28(4,29(24,5)9-12-32)10-13-33-18-31(33,7)25(38)20(17-34)15-30(23,33)6/h14-15,21,24H,8-13,16,18H2,1-7H3/t21?,24?,28-,29-,30-,31?,32+,33+/m1/s1. The number of nitrogens with zero attached hydrogens (tertiary/aromatic N) is 3. The lowest BCUT2D eigenvalue weighted by atomic mass is 9.34. The zero-order chi connectivity index (χ0) is 28.0. The van der Waals surface area contributed by atoms with Crippen LogP contribution in [0, 0.1) is 62.6 Å².